The molecule has 0 radical (unpaired) electrons. The minimum Gasteiger partial charge on any atom is -0.379 e. The first-order valence-corrected chi connectivity index (χ1v) is 11.4. The second kappa shape index (κ2) is 9.20. The van der Waals surface area contributed by atoms with Crippen LogP contribution < -0.4 is 15.8 Å². The van der Waals surface area contributed by atoms with E-state index in [9.17, 15) is 23.3 Å². The molecule has 2 aromatic carbocycles. The quantitative estimate of drug-likeness (QED) is 0.343. The Balaban J connectivity index is 1.57. The summed E-state index contributed by atoms with van der Waals surface area (Å²) in [7, 11) is -4.06. The van der Waals surface area contributed by atoms with Crippen molar-refractivity contribution >= 4 is 44.3 Å². The number of nitro groups is 1. The van der Waals surface area contributed by atoms with Gasteiger partial charge in [0.1, 0.15) is 5.69 Å². The number of carbonyl (C=O) groups excluding carboxylic acids is 1. The normalized spacial score (nSPS) is 11.2. The first-order valence-electron chi connectivity index (χ1n) is 9.01. The summed E-state index contributed by atoms with van der Waals surface area (Å²) >= 11 is 1.56. The number of hydrogen-bond donors (Lipinski definition) is 3. The smallest absolute Gasteiger partial charge is 0.293 e. The van der Waals surface area contributed by atoms with Gasteiger partial charge in [0.2, 0.25) is 15.9 Å². The fourth-order valence-electron chi connectivity index (χ4n) is 2.74. The SMILES string of the molecule is Cc1nc(-c2ccc(NC(=O)CCNc3ccc(S(N)(=O)=O)cc3[N+](=O)[O-])cc2)cs1. The zero-order valence-corrected chi connectivity index (χ0v) is 18.0. The molecule has 1 amide bonds. The summed E-state index contributed by atoms with van der Waals surface area (Å²) < 4.78 is 22.8. The molecular formula is C19H19N5O5S2. The molecule has 0 aliphatic carbocycles. The second-order valence-corrected chi connectivity index (χ2v) is 9.16. The third-order valence-electron chi connectivity index (χ3n) is 4.25. The molecular weight excluding hydrogens is 442 g/mol. The first kappa shape index (κ1) is 22.3. The topological polar surface area (TPSA) is 157 Å². The van der Waals surface area contributed by atoms with Crippen molar-refractivity contribution in [3.63, 3.8) is 0 Å². The lowest BCUT2D eigenvalue weighted by Crippen LogP contribution is -2.17. The Morgan fingerprint density at radius 2 is 1.94 bits per heavy atom. The average molecular weight is 462 g/mol. The van der Waals surface area contributed by atoms with Crippen molar-refractivity contribution in [3.8, 4) is 11.3 Å². The Morgan fingerprint density at radius 1 is 1.23 bits per heavy atom. The van der Waals surface area contributed by atoms with Gasteiger partial charge in [0.05, 0.1) is 20.5 Å². The summed E-state index contributed by atoms with van der Waals surface area (Å²) in [4.78, 5) is 26.7. The summed E-state index contributed by atoms with van der Waals surface area (Å²) in [6.07, 6.45) is 0.0428. The third kappa shape index (κ3) is 5.84. The summed E-state index contributed by atoms with van der Waals surface area (Å²) in [6, 6.07) is 10.5. The summed E-state index contributed by atoms with van der Waals surface area (Å²) in [5.41, 5.74) is 2.08. The highest BCUT2D eigenvalue weighted by atomic mass is 32.2. The molecule has 0 bridgehead atoms. The van der Waals surface area contributed by atoms with E-state index >= 15 is 0 Å². The molecule has 3 rings (SSSR count). The van der Waals surface area contributed by atoms with Crippen LogP contribution in [0.1, 0.15) is 11.4 Å². The van der Waals surface area contributed by atoms with Gasteiger partial charge < -0.3 is 10.6 Å². The number of aryl methyl sites for hydroxylation is 1. The maximum absolute atomic E-state index is 12.2. The zero-order valence-electron chi connectivity index (χ0n) is 16.4. The Morgan fingerprint density at radius 3 is 2.52 bits per heavy atom. The maximum Gasteiger partial charge on any atom is 0.293 e. The molecule has 4 N–H and O–H groups in total. The number of sulfonamides is 1. The Bertz CT molecular complexity index is 1220. The van der Waals surface area contributed by atoms with Gasteiger partial charge in [-0.25, -0.2) is 18.5 Å². The molecule has 0 aliphatic heterocycles. The van der Waals surface area contributed by atoms with Crippen molar-refractivity contribution in [2.24, 2.45) is 5.14 Å². The number of nitrogens with one attached hydrogen (secondary N) is 2. The van der Waals surface area contributed by atoms with E-state index in [-0.39, 0.29) is 29.5 Å². The van der Waals surface area contributed by atoms with Crippen LogP contribution in [-0.4, -0.2) is 30.8 Å². The third-order valence-corrected chi connectivity index (χ3v) is 5.93. The second-order valence-electron chi connectivity index (χ2n) is 6.54. The van der Waals surface area contributed by atoms with Crippen LogP contribution in [0.3, 0.4) is 0 Å². The number of benzene rings is 2. The van der Waals surface area contributed by atoms with Gasteiger partial charge in [-0.05, 0) is 31.2 Å². The molecule has 3 aromatic rings. The van der Waals surface area contributed by atoms with Crippen LogP contribution in [-0.2, 0) is 14.8 Å². The molecule has 0 saturated carbocycles. The van der Waals surface area contributed by atoms with E-state index in [1.54, 1.807) is 23.5 Å². The van der Waals surface area contributed by atoms with Crippen molar-refractivity contribution in [2.45, 2.75) is 18.2 Å². The van der Waals surface area contributed by atoms with Gasteiger partial charge in [-0.15, -0.1) is 11.3 Å². The van der Waals surface area contributed by atoms with E-state index in [1.807, 2.05) is 24.4 Å². The number of rotatable bonds is 8. The van der Waals surface area contributed by atoms with Gasteiger partial charge in [-0.2, -0.15) is 0 Å². The predicted octanol–water partition coefficient (Wildman–Crippen LogP) is 3.11. The minimum atomic E-state index is -4.06. The number of thiazole rings is 1. The van der Waals surface area contributed by atoms with Crippen LogP contribution >= 0.6 is 11.3 Å². The highest BCUT2D eigenvalue weighted by Gasteiger charge is 2.19. The number of hydrogen-bond acceptors (Lipinski definition) is 8. The van der Waals surface area contributed by atoms with Crippen LogP contribution in [0.4, 0.5) is 17.1 Å². The minimum absolute atomic E-state index is 0.0428. The van der Waals surface area contributed by atoms with E-state index in [0.717, 1.165) is 28.4 Å². The molecule has 31 heavy (non-hydrogen) atoms. The van der Waals surface area contributed by atoms with Gasteiger partial charge in [0.25, 0.3) is 5.69 Å². The molecule has 12 heteroatoms. The Hall–Kier alpha value is -3.35. The lowest BCUT2D eigenvalue weighted by atomic mass is 10.1. The number of amides is 1. The van der Waals surface area contributed by atoms with Gasteiger partial charge in [0, 0.05) is 35.7 Å². The van der Waals surface area contributed by atoms with Crippen molar-refractivity contribution in [3.05, 3.63) is 63.0 Å². The van der Waals surface area contributed by atoms with Gasteiger partial charge in [0.15, 0.2) is 0 Å². The largest absolute Gasteiger partial charge is 0.379 e. The maximum atomic E-state index is 12.2. The van der Waals surface area contributed by atoms with E-state index in [4.69, 9.17) is 5.14 Å². The monoisotopic (exact) mass is 461 g/mol. The molecule has 10 nitrogen and oxygen atoms in total. The van der Waals surface area contributed by atoms with Gasteiger partial charge >= 0.3 is 0 Å². The molecule has 0 aliphatic rings. The number of anilines is 2. The fraction of sp³-hybridized carbons (Fsp3) is 0.158. The summed E-state index contributed by atoms with van der Waals surface area (Å²) in [5.74, 6) is -0.284. The van der Waals surface area contributed by atoms with Crippen LogP contribution in [0.15, 0.2) is 52.7 Å². The molecule has 1 aromatic heterocycles. The van der Waals surface area contributed by atoms with Crippen molar-refractivity contribution in [1.82, 2.24) is 4.98 Å². The molecule has 0 unspecified atom stereocenters. The van der Waals surface area contributed by atoms with E-state index < -0.39 is 20.6 Å². The zero-order chi connectivity index (χ0) is 22.6. The molecule has 0 atom stereocenters. The number of aromatic nitrogens is 1. The van der Waals surface area contributed by atoms with E-state index in [2.05, 4.69) is 15.6 Å². The molecule has 1 heterocycles. The fourth-order valence-corrected chi connectivity index (χ4v) is 3.90. The number of nitro benzene ring substituents is 1. The standard InChI is InChI=1S/C19H19N5O5S2/c1-12-22-17(11-30-12)13-2-4-14(5-3-13)23-19(25)8-9-21-16-7-6-15(31(20,28)29)10-18(16)24(26)27/h2-7,10-11,21H,8-9H2,1H3,(H,23,25)(H2,20,28,29). The molecule has 0 spiro atoms. The highest BCUT2D eigenvalue weighted by molar-refractivity contribution is 7.89. The van der Waals surface area contributed by atoms with E-state index in [0.29, 0.717) is 5.69 Å². The number of primary sulfonamides is 1. The van der Waals surface area contributed by atoms with Crippen LogP contribution in [0.2, 0.25) is 0 Å². The average Bonchev–Trinajstić information content (AvgIpc) is 3.14. The Kier molecular flexibility index (Phi) is 6.63. The highest BCUT2D eigenvalue weighted by Crippen LogP contribution is 2.27. The lowest BCUT2D eigenvalue weighted by molar-refractivity contribution is -0.384. The van der Waals surface area contributed by atoms with E-state index in [1.165, 1.54) is 6.07 Å². The molecule has 162 valence electrons. The summed E-state index contributed by atoms with van der Waals surface area (Å²) in [5, 5.41) is 24.7. The lowest BCUT2D eigenvalue weighted by Gasteiger charge is -2.09. The Labute approximate surface area is 182 Å². The molecule has 0 saturated heterocycles. The predicted molar refractivity (Wildman–Crippen MR) is 118 cm³/mol. The molecule has 0 fully saturated rings. The van der Waals surface area contributed by atoms with Crippen molar-refractivity contribution in [1.29, 1.82) is 0 Å². The number of nitrogens with two attached hydrogens (primary N) is 1. The van der Waals surface area contributed by atoms with Gasteiger partial charge in [-0.1, -0.05) is 12.1 Å². The van der Waals surface area contributed by atoms with Crippen molar-refractivity contribution in [2.75, 3.05) is 17.2 Å². The van der Waals surface area contributed by atoms with Gasteiger partial charge in [-0.3, -0.25) is 14.9 Å². The van der Waals surface area contributed by atoms with Crippen LogP contribution in [0, 0.1) is 17.0 Å². The summed E-state index contributed by atoms with van der Waals surface area (Å²) in [6.45, 7) is 2.04. The number of nitrogens with zero attached hydrogens (tertiary/aromatic N) is 2. The van der Waals surface area contributed by atoms with Crippen LogP contribution in [0.25, 0.3) is 11.3 Å². The van der Waals surface area contributed by atoms with Crippen molar-refractivity contribution < 1.29 is 18.1 Å². The van der Waals surface area contributed by atoms with Crippen LogP contribution in [0.5, 0.6) is 0 Å². The first-order chi connectivity index (χ1) is 14.6. The number of carbonyl (C=O) groups is 1.